The number of halogens is 3. The van der Waals surface area contributed by atoms with E-state index in [1.807, 2.05) is 4.83 Å². The number of sulfonamides is 1. The van der Waals surface area contributed by atoms with Gasteiger partial charge < -0.3 is 0 Å². The molecule has 11 heteroatoms. The van der Waals surface area contributed by atoms with Gasteiger partial charge in [-0.1, -0.05) is 18.2 Å². The van der Waals surface area contributed by atoms with Gasteiger partial charge in [-0.25, -0.2) is 4.83 Å². The summed E-state index contributed by atoms with van der Waals surface area (Å²) in [5.41, 5.74) is -1.02. The van der Waals surface area contributed by atoms with E-state index in [2.05, 4.69) is 5.10 Å². The molecule has 2 rings (SSSR count). The molecule has 0 aromatic heterocycles. The molecule has 0 heterocycles. The molecule has 0 saturated carbocycles. The first-order valence-electron chi connectivity index (χ1n) is 6.56. The highest BCUT2D eigenvalue weighted by molar-refractivity contribution is 7.89. The van der Waals surface area contributed by atoms with Crippen LogP contribution in [0.25, 0.3) is 0 Å². The summed E-state index contributed by atoms with van der Waals surface area (Å²) in [6.45, 7) is 0. The number of alkyl halides is 3. The minimum atomic E-state index is -4.47. The van der Waals surface area contributed by atoms with Crippen LogP contribution in [-0.2, 0) is 16.2 Å². The molecule has 0 bridgehead atoms. The lowest BCUT2D eigenvalue weighted by molar-refractivity contribution is -0.385. The molecular formula is C14H10F3N3O4S. The van der Waals surface area contributed by atoms with E-state index in [-0.39, 0.29) is 10.5 Å². The van der Waals surface area contributed by atoms with Gasteiger partial charge in [-0.2, -0.15) is 26.7 Å². The molecule has 0 saturated heterocycles. The van der Waals surface area contributed by atoms with Crippen molar-refractivity contribution in [2.75, 3.05) is 0 Å². The second kappa shape index (κ2) is 6.89. The van der Waals surface area contributed by atoms with Crippen LogP contribution in [-0.4, -0.2) is 19.6 Å². The normalized spacial score (nSPS) is 12.3. The van der Waals surface area contributed by atoms with E-state index < -0.39 is 32.4 Å². The van der Waals surface area contributed by atoms with E-state index in [1.54, 1.807) is 0 Å². The summed E-state index contributed by atoms with van der Waals surface area (Å²) in [4.78, 5) is 11.4. The Bertz CT molecular complexity index is 910. The largest absolute Gasteiger partial charge is 0.416 e. The van der Waals surface area contributed by atoms with Crippen molar-refractivity contribution in [2.45, 2.75) is 11.1 Å². The molecule has 7 nitrogen and oxygen atoms in total. The van der Waals surface area contributed by atoms with E-state index in [1.165, 1.54) is 6.07 Å². The number of nitro groups is 1. The van der Waals surface area contributed by atoms with Crippen LogP contribution in [0, 0.1) is 10.1 Å². The molecule has 2 aromatic carbocycles. The lowest BCUT2D eigenvalue weighted by atomic mass is 10.1. The lowest BCUT2D eigenvalue weighted by Crippen LogP contribution is -2.18. The van der Waals surface area contributed by atoms with Gasteiger partial charge in [0.05, 0.1) is 21.6 Å². The van der Waals surface area contributed by atoms with E-state index in [0.29, 0.717) is 0 Å². The zero-order valence-electron chi connectivity index (χ0n) is 12.3. The van der Waals surface area contributed by atoms with Crippen molar-refractivity contribution in [3.8, 4) is 0 Å². The van der Waals surface area contributed by atoms with Gasteiger partial charge in [-0.15, -0.1) is 0 Å². The van der Waals surface area contributed by atoms with Gasteiger partial charge >= 0.3 is 6.18 Å². The zero-order chi connectivity index (χ0) is 18.7. The standard InChI is InChI=1S/C14H10F3N3O4S/c15-14(16,17)11-6-4-10(5-7-11)9-18-19-25(23,24)13-3-1-2-12(8-13)20(21)22/h1-9,19H/b18-9-. The second-order valence-electron chi connectivity index (χ2n) is 4.73. The predicted molar refractivity (Wildman–Crippen MR) is 82.5 cm³/mol. The third-order valence-electron chi connectivity index (χ3n) is 2.96. The Hall–Kier alpha value is -2.95. The highest BCUT2D eigenvalue weighted by Crippen LogP contribution is 2.28. The first kappa shape index (κ1) is 18.4. The topological polar surface area (TPSA) is 102 Å². The number of hydrogen-bond acceptors (Lipinski definition) is 5. The number of non-ortho nitro benzene ring substituents is 1. The minimum absolute atomic E-state index is 0.231. The molecule has 0 fully saturated rings. The summed E-state index contributed by atoms with van der Waals surface area (Å²) >= 11 is 0. The quantitative estimate of drug-likeness (QED) is 0.495. The summed E-state index contributed by atoms with van der Waals surface area (Å²) in [6.07, 6.45) is -3.46. The van der Waals surface area contributed by atoms with E-state index >= 15 is 0 Å². The lowest BCUT2D eigenvalue weighted by Gasteiger charge is -2.06. The highest BCUT2D eigenvalue weighted by Gasteiger charge is 2.29. The number of nitrogens with zero attached hydrogens (tertiary/aromatic N) is 2. The Balaban J connectivity index is 2.13. The van der Waals surface area contributed by atoms with E-state index in [0.717, 1.165) is 48.7 Å². The maximum atomic E-state index is 12.4. The van der Waals surface area contributed by atoms with Crippen molar-refractivity contribution < 1.29 is 26.5 Å². The molecule has 0 aliphatic carbocycles. The van der Waals surface area contributed by atoms with Gasteiger partial charge in [0.2, 0.25) is 0 Å². The van der Waals surface area contributed by atoms with Gasteiger partial charge in [-0.05, 0) is 23.8 Å². The minimum Gasteiger partial charge on any atom is -0.258 e. The fraction of sp³-hybridized carbons (Fsp3) is 0.0714. The molecule has 132 valence electrons. The number of hydrazone groups is 1. The summed E-state index contributed by atoms with van der Waals surface area (Å²) in [5.74, 6) is 0. The van der Waals surface area contributed by atoms with Gasteiger partial charge in [0.1, 0.15) is 0 Å². The number of rotatable bonds is 5. The molecule has 0 radical (unpaired) electrons. The molecule has 0 aliphatic rings. The number of nitrogens with one attached hydrogen (secondary N) is 1. The fourth-order valence-corrected chi connectivity index (χ4v) is 2.58. The monoisotopic (exact) mass is 373 g/mol. The van der Waals surface area contributed by atoms with Gasteiger partial charge in [0.15, 0.2) is 0 Å². The second-order valence-corrected chi connectivity index (χ2v) is 6.39. The average molecular weight is 373 g/mol. The molecule has 0 spiro atoms. The van der Waals surface area contributed by atoms with Crippen molar-refractivity contribution in [2.24, 2.45) is 5.10 Å². The maximum Gasteiger partial charge on any atom is 0.416 e. The smallest absolute Gasteiger partial charge is 0.258 e. The van der Waals surface area contributed by atoms with E-state index in [9.17, 15) is 31.7 Å². The first-order valence-corrected chi connectivity index (χ1v) is 8.04. The highest BCUT2D eigenvalue weighted by atomic mass is 32.2. The van der Waals surface area contributed by atoms with Crippen LogP contribution in [0.3, 0.4) is 0 Å². The number of hydrogen-bond donors (Lipinski definition) is 1. The van der Waals surface area contributed by atoms with Crippen LogP contribution in [0.4, 0.5) is 18.9 Å². The van der Waals surface area contributed by atoms with Crippen LogP contribution in [0.1, 0.15) is 11.1 Å². The van der Waals surface area contributed by atoms with E-state index in [4.69, 9.17) is 0 Å². The van der Waals surface area contributed by atoms with Crippen molar-refractivity contribution >= 4 is 21.9 Å². The summed E-state index contributed by atoms with van der Waals surface area (Å²) in [7, 11) is -4.15. The Kier molecular flexibility index (Phi) is 5.07. The molecule has 0 atom stereocenters. The van der Waals surface area contributed by atoms with Crippen LogP contribution in [0.2, 0.25) is 0 Å². The molecule has 1 N–H and O–H groups in total. The zero-order valence-corrected chi connectivity index (χ0v) is 13.1. The Labute approximate surface area is 140 Å². The third-order valence-corrected chi connectivity index (χ3v) is 4.18. The van der Waals surface area contributed by atoms with Crippen LogP contribution in [0.15, 0.2) is 58.5 Å². The van der Waals surface area contributed by atoms with Gasteiger partial charge in [-0.3, -0.25) is 10.1 Å². The summed E-state index contributed by atoms with van der Waals surface area (Å²) in [5, 5.41) is 14.1. The van der Waals surface area contributed by atoms with Crippen molar-refractivity contribution in [3.05, 3.63) is 69.8 Å². The Morgan fingerprint density at radius 1 is 1.12 bits per heavy atom. The SMILES string of the molecule is O=[N+]([O-])c1cccc(S(=O)(=O)N/N=C\c2ccc(C(F)(F)F)cc2)c1. The summed E-state index contributed by atoms with van der Waals surface area (Å²) < 4.78 is 61.3. The molecule has 0 unspecified atom stereocenters. The van der Waals surface area contributed by atoms with Crippen molar-refractivity contribution in [1.82, 2.24) is 4.83 Å². The van der Waals surface area contributed by atoms with Crippen LogP contribution in [0.5, 0.6) is 0 Å². The van der Waals surface area contributed by atoms with Crippen LogP contribution >= 0.6 is 0 Å². The molecule has 2 aromatic rings. The number of benzene rings is 2. The van der Waals surface area contributed by atoms with Crippen molar-refractivity contribution in [3.63, 3.8) is 0 Å². The molecule has 0 aliphatic heterocycles. The number of nitro benzene ring substituents is 1. The Morgan fingerprint density at radius 2 is 1.76 bits per heavy atom. The van der Waals surface area contributed by atoms with Crippen molar-refractivity contribution in [1.29, 1.82) is 0 Å². The van der Waals surface area contributed by atoms with Gasteiger partial charge in [0, 0.05) is 12.1 Å². The molecule has 25 heavy (non-hydrogen) atoms. The predicted octanol–water partition coefficient (Wildman–Crippen LogP) is 2.93. The fourth-order valence-electron chi connectivity index (χ4n) is 1.75. The first-order chi connectivity index (χ1) is 11.6. The van der Waals surface area contributed by atoms with Gasteiger partial charge in [0.25, 0.3) is 15.7 Å². The van der Waals surface area contributed by atoms with Crippen LogP contribution < -0.4 is 4.83 Å². The average Bonchev–Trinajstić information content (AvgIpc) is 2.54. The molecule has 0 amide bonds. The maximum absolute atomic E-state index is 12.4. The Morgan fingerprint density at radius 3 is 2.32 bits per heavy atom. The summed E-state index contributed by atoms with van der Waals surface area (Å²) in [6, 6.07) is 8.23. The third kappa shape index (κ3) is 4.76. The molecular weight excluding hydrogens is 363 g/mol.